The smallest absolute Gasteiger partial charge is 0.0693 e. The Labute approximate surface area is 125 Å². The number of nitrogens with two attached hydrogens (primary N) is 1. The molecule has 0 fully saturated rings. The maximum atomic E-state index is 6.21. The van der Waals surface area contributed by atoms with Crippen molar-refractivity contribution in [2.24, 2.45) is 5.73 Å². The molecule has 0 bridgehead atoms. The van der Waals surface area contributed by atoms with Crippen LogP contribution >= 0.6 is 0 Å². The van der Waals surface area contributed by atoms with Crippen LogP contribution in [0.1, 0.15) is 24.9 Å². The number of nitrogens with zero attached hydrogens (tertiary/aromatic N) is 2. The first-order valence-corrected chi connectivity index (χ1v) is 7.24. The highest BCUT2D eigenvalue weighted by Crippen LogP contribution is 2.24. The number of benzene rings is 2. The van der Waals surface area contributed by atoms with E-state index in [1.165, 1.54) is 5.56 Å². The first-order valence-electron chi connectivity index (χ1n) is 7.24. The van der Waals surface area contributed by atoms with Crippen LogP contribution in [0.4, 0.5) is 0 Å². The predicted molar refractivity (Wildman–Crippen MR) is 86.2 cm³/mol. The molecule has 0 radical (unpaired) electrons. The van der Waals surface area contributed by atoms with E-state index in [2.05, 4.69) is 42.5 Å². The Balaban J connectivity index is 2.01. The second kappa shape index (κ2) is 5.94. The van der Waals surface area contributed by atoms with E-state index in [0.29, 0.717) is 0 Å². The van der Waals surface area contributed by atoms with E-state index in [0.717, 1.165) is 23.2 Å². The van der Waals surface area contributed by atoms with Crippen molar-refractivity contribution in [3.05, 3.63) is 72.6 Å². The lowest BCUT2D eigenvalue weighted by Crippen LogP contribution is -2.12. The van der Waals surface area contributed by atoms with Gasteiger partial charge in [-0.15, -0.1) is 0 Å². The fourth-order valence-corrected chi connectivity index (χ4v) is 2.46. The van der Waals surface area contributed by atoms with E-state index in [1.807, 2.05) is 41.2 Å². The molecule has 0 aliphatic heterocycles. The number of hydrogen-bond acceptors (Lipinski definition) is 2. The summed E-state index contributed by atoms with van der Waals surface area (Å²) in [6.45, 7) is 2.10. The third-order valence-corrected chi connectivity index (χ3v) is 3.71. The van der Waals surface area contributed by atoms with Gasteiger partial charge in [-0.3, -0.25) is 0 Å². The van der Waals surface area contributed by atoms with Crippen LogP contribution in [-0.4, -0.2) is 9.78 Å². The van der Waals surface area contributed by atoms with Gasteiger partial charge in [-0.1, -0.05) is 55.5 Å². The maximum absolute atomic E-state index is 6.21. The number of rotatable bonds is 4. The van der Waals surface area contributed by atoms with Crippen molar-refractivity contribution < 1.29 is 0 Å². The lowest BCUT2D eigenvalue weighted by atomic mass is 10.0. The van der Waals surface area contributed by atoms with Crippen molar-refractivity contribution in [1.82, 2.24) is 9.78 Å². The molecular formula is C18H19N3. The molecule has 0 aliphatic rings. The molecule has 21 heavy (non-hydrogen) atoms. The van der Waals surface area contributed by atoms with E-state index in [1.54, 1.807) is 0 Å². The van der Waals surface area contributed by atoms with Crippen LogP contribution in [-0.2, 0) is 0 Å². The quantitative estimate of drug-likeness (QED) is 0.784. The Morgan fingerprint density at radius 1 is 1.00 bits per heavy atom. The van der Waals surface area contributed by atoms with Gasteiger partial charge in [0.15, 0.2) is 0 Å². The number of hydrogen-bond donors (Lipinski definition) is 1. The summed E-state index contributed by atoms with van der Waals surface area (Å²) in [6.07, 6.45) is 4.85. The highest BCUT2D eigenvalue weighted by molar-refractivity contribution is 5.62. The number of aromatic nitrogens is 2. The van der Waals surface area contributed by atoms with E-state index in [9.17, 15) is 0 Å². The summed E-state index contributed by atoms with van der Waals surface area (Å²) in [5, 5.41) is 4.50. The Morgan fingerprint density at radius 2 is 1.71 bits per heavy atom. The minimum atomic E-state index is 0.0329. The summed E-state index contributed by atoms with van der Waals surface area (Å²) in [7, 11) is 0. The maximum Gasteiger partial charge on any atom is 0.0693 e. The summed E-state index contributed by atoms with van der Waals surface area (Å²) >= 11 is 0. The summed E-state index contributed by atoms with van der Waals surface area (Å²) in [5.41, 5.74) is 10.7. The monoisotopic (exact) mass is 277 g/mol. The van der Waals surface area contributed by atoms with Crippen molar-refractivity contribution >= 4 is 0 Å². The highest BCUT2D eigenvalue weighted by Gasteiger charge is 2.11. The van der Waals surface area contributed by atoms with Crippen molar-refractivity contribution in [3.8, 4) is 16.8 Å². The molecule has 0 amide bonds. The first kappa shape index (κ1) is 13.6. The minimum Gasteiger partial charge on any atom is -0.324 e. The third-order valence-electron chi connectivity index (χ3n) is 3.71. The lowest BCUT2D eigenvalue weighted by molar-refractivity contribution is 0.686. The van der Waals surface area contributed by atoms with Crippen LogP contribution in [0.3, 0.4) is 0 Å². The standard InChI is InChI=1S/C18H19N3/c1-2-17(19)16-10-6-7-11-18(16)21-13-15(12-20-21)14-8-4-3-5-9-14/h3-13,17H,2,19H2,1H3. The van der Waals surface area contributed by atoms with Gasteiger partial charge >= 0.3 is 0 Å². The van der Waals surface area contributed by atoms with E-state index >= 15 is 0 Å². The fourth-order valence-electron chi connectivity index (χ4n) is 2.46. The third kappa shape index (κ3) is 2.73. The van der Waals surface area contributed by atoms with Crippen LogP contribution in [0.15, 0.2) is 67.0 Å². The molecule has 0 saturated heterocycles. The van der Waals surface area contributed by atoms with Crippen molar-refractivity contribution in [1.29, 1.82) is 0 Å². The highest BCUT2D eigenvalue weighted by atomic mass is 15.3. The molecule has 1 unspecified atom stereocenters. The van der Waals surface area contributed by atoms with Gasteiger partial charge in [0.25, 0.3) is 0 Å². The molecule has 3 heteroatoms. The molecule has 1 heterocycles. The Hall–Kier alpha value is -2.39. The van der Waals surface area contributed by atoms with Crippen LogP contribution in [0.25, 0.3) is 16.8 Å². The van der Waals surface area contributed by atoms with Gasteiger partial charge in [-0.05, 0) is 23.6 Å². The van der Waals surface area contributed by atoms with E-state index in [-0.39, 0.29) is 6.04 Å². The van der Waals surface area contributed by atoms with Crippen LogP contribution < -0.4 is 5.73 Å². The molecule has 0 spiro atoms. The summed E-state index contributed by atoms with van der Waals surface area (Å²) in [4.78, 5) is 0. The SMILES string of the molecule is CCC(N)c1ccccc1-n1cc(-c2ccccc2)cn1. The first-order chi connectivity index (χ1) is 10.3. The molecule has 3 nitrogen and oxygen atoms in total. The van der Waals surface area contributed by atoms with Crippen LogP contribution in [0.5, 0.6) is 0 Å². The second-order valence-corrected chi connectivity index (χ2v) is 5.11. The topological polar surface area (TPSA) is 43.8 Å². The molecule has 0 saturated carbocycles. The second-order valence-electron chi connectivity index (χ2n) is 5.11. The van der Waals surface area contributed by atoms with Gasteiger partial charge in [0.1, 0.15) is 0 Å². The van der Waals surface area contributed by atoms with Gasteiger partial charge in [-0.2, -0.15) is 5.10 Å². The molecular weight excluding hydrogens is 258 g/mol. The normalized spacial score (nSPS) is 12.3. The molecule has 3 rings (SSSR count). The van der Waals surface area contributed by atoms with Gasteiger partial charge in [0.05, 0.1) is 11.9 Å². The van der Waals surface area contributed by atoms with Gasteiger partial charge in [-0.25, -0.2) is 4.68 Å². The zero-order chi connectivity index (χ0) is 14.7. The average molecular weight is 277 g/mol. The van der Waals surface area contributed by atoms with Gasteiger partial charge in [0.2, 0.25) is 0 Å². The molecule has 0 aliphatic carbocycles. The molecule has 2 N–H and O–H groups in total. The molecule has 1 atom stereocenters. The van der Waals surface area contributed by atoms with Crippen molar-refractivity contribution in [2.75, 3.05) is 0 Å². The summed E-state index contributed by atoms with van der Waals surface area (Å²) in [6, 6.07) is 18.5. The zero-order valence-electron chi connectivity index (χ0n) is 12.1. The molecule has 3 aromatic rings. The fraction of sp³-hybridized carbons (Fsp3) is 0.167. The summed E-state index contributed by atoms with van der Waals surface area (Å²) < 4.78 is 1.91. The van der Waals surface area contributed by atoms with Crippen LogP contribution in [0.2, 0.25) is 0 Å². The minimum absolute atomic E-state index is 0.0329. The lowest BCUT2D eigenvalue weighted by Gasteiger charge is -2.14. The van der Waals surface area contributed by atoms with Gasteiger partial charge < -0.3 is 5.73 Å². The number of para-hydroxylation sites is 1. The van der Waals surface area contributed by atoms with Gasteiger partial charge in [0, 0.05) is 17.8 Å². The molecule has 106 valence electrons. The molecule has 1 aromatic heterocycles. The Morgan fingerprint density at radius 3 is 2.48 bits per heavy atom. The average Bonchev–Trinajstić information content (AvgIpc) is 3.05. The largest absolute Gasteiger partial charge is 0.324 e. The summed E-state index contributed by atoms with van der Waals surface area (Å²) in [5.74, 6) is 0. The van der Waals surface area contributed by atoms with Crippen molar-refractivity contribution in [3.63, 3.8) is 0 Å². The molecule has 2 aromatic carbocycles. The van der Waals surface area contributed by atoms with Crippen molar-refractivity contribution in [2.45, 2.75) is 19.4 Å². The predicted octanol–water partition coefficient (Wildman–Crippen LogP) is 3.95. The van der Waals surface area contributed by atoms with Crippen LogP contribution in [0, 0.1) is 0 Å². The zero-order valence-corrected chi connectivity index (χ0v) is 12.1. The van der Waals surface area contributed by atoms with E-state index in [4.69, 9.17) is 5.73 Å². The Kier molecular flexibility index (Phi) is 3.84. The van der Waals surface area contributed by atoms with E-state index < -0.39 is 0 Å². The Bertz CT molecular complexity index is 716.